The van der Waals surface area contributed by atoms with E-state index in [1.165, 1.54) is 19.1 Å². The summed E-state index contributed by atoms with van der Waals surface area (Å²) in [5.41, 5.74) is -0.136. The smallest absolute Gasteiger partial charge is 0.387 e. The average Bonchev–Trinajstić information content (AvgIpc) is 2.14. The molecule has 0 fully saturated rings. The van der Waals surface area contributed by atoms with Crippen LogP contribution in [0.3, 0.4) is 0 Å². The zero-order valence-electron chi connectivity index (χ0n) is 8.13. The standard InChI is InChI=1S/C10H6BrF2NO2/c1-5(15)9-6(4-14)2-7(11)3-8(9)16-10(12)13/h2-3,10H,1H3. The van der Waals surface area contributed by atoms with E-state index in [1.54, 1.807) is 6.07 Å². The Morgan fingerprint density at radius 1 is 1.56 bits per heavy atom. The Hall–Kier alpha value is -1.48. The van der Waals surface area contributed by atoms with Crippen LogP contribution >= 0.6 is 15.9 Å². The summed E-state index contributed by atoms with van der Waals surface area (Å²) >= 11 is 3.04. The van der Waals surface area contributed by atoms with E-state index < -0.39 is 12.4 Å². The number of hydrogen-bond donors (Lipinski definition) is 0. The van der Waals surface area contributed by atoms with Crippen molar-refractivity contribution in [3.05, 3.63) is 27.7 Å². The Labute approximate surface area is 98.8 Å². The molecule has 0 aliphatic carbocycles. The van der Waals surface area contributed by atoms with Gasteiger partial charge in [0.1, 0.15) is 11.8 Å². The van der Waals surface area contributed by atoms with E-state index >= 15 is 0 Å². The first-order valence-corrected chi connectivity index (χ1v) is 4.94. The van der Waals surface area contributed by atoms with Crippen LogP contribution in [0, 0.1) is 11.3 Å². The largest absolute Gasteiger partial charge is 0.434 e. The quantitative estimate of drug-likeness (QED) is 0.804. The van der Waals surface area contributed by atoms with Gasteiger partial charge in [-0.25, -0.2) is 0 Å². The average molecular weight is 290 g/mol. The molecule has 0 unspecified atom stereocenters. The first-order chi connectivity index (χ1) is 7.45. The molecule has 1 aromatic carbocycles. The van der Waals surface area contributed by atoms with Gasteiger partial charge >= 0.3 is 6.61 Å². The maximum Gasteiger partial charge on any atom is 0.387 e. The van der Waals surface area contributed by atoms with Crippen molar-refractivity contribution >= 4 is 21.7 Å². The molecule has 1 aromatic rings. The Kier molecular flexibility index (Phi) is 3.96. The summed E-state index contributed by atoms with van der Waals surface area (Å²) in [4.78, 5) is 11.2. The fraction of sp³-hybridized carbons (Fsp3) is 0.200. The lowest BCUT2D eigenvalue weighted by molar-refractivity contribution is -0.0501. The van der Waals surface area contributed by atoms with Gasteiger partial charge in [0.05, 0.1) is 11.1 Å². The van der Waals surface area contributed by atoms with Gasteiger partial charge in [-0.05, 0) is 19.1 Å². The predicted octanol–water partition coefficient (Wildman–Crippen LogP) is 3.12. The van der Waals surface area contributed by atoms with Crippen LogP contribution in [0.15, 0.2) is 16.6 Å². The molecule has 0 saturated heterocycles. The number of rotatable bonds is 3. The van der Waals surface area contributed by atoms with Crippen LogP contribution in [-0.2, 0) is 0 Å². The molecule has 0 aromatic heterocycles. The number of carbonyl (C=O) groups excluding carboxylic acids is 1. The van der Waals surface area contributed by atoms with E-state index in [9.17, 15) is 13.6 Å². The minimum absolute atomic E-state index is 0.00229. The van der Waals surface area contributed by atoms with Gasteiger partial charge in [-0.1, -0.05) is 15.9 Å². The third-order valence-electron chi connectivity index (χ3n) is 1.76. The van der Waals surface area contributed by atoms with E-state index in [-0.39, 0.29) is 16.9 Å². The summed E-state index contributed by atoms with van der Waals surface area (Å²) < 4.78 is 28.8. The molecule has 1 rings (SSSR count). The topological polar surface area (TPSA) is 50.1 Å². The molecular weight excluding hydrogens is 284 g/mol. The molecule has 0 radical (unpaired) electrons. The first-order valence-electron chi connectivity index (χ1n) is 4.15. The Morgan fingerprint density at radius 2 is 2.19 bits per heavy atom. The van der Waals surface area contributed by atoms with Gasteiger partial charge in [-0.2, -0.15) is 14.0 Å². The van der Waals surface area contributed by atoms with E-state index in [0.29, 0.717) is 4.47 Å². The summed E-state index contributed by atoms with van der Waals surface area (Å²) in [6.45, 7) is -1.86. The Balaban J connectivity index is 3.39. The van der Waals surface area contributed by atoms with Gasteiger partial charge in [0.25, 0.3) is 0 Å². The van der Waals surface area contributed by atoms with Gasteiger partial charge in [-0.3, -0.25) is 4.79 Å². The molecule has 0 spiro atoms. The molecule has 0 heterocycles. The van der Waals surface area contributed by atoms with Gasteiger partial charge in [0.15, 0.2) is 5.78 Å². The highest BCUT2D eigenvalue weighted by Crippen LogP contribution is 2.29. The molecule has 0 bridgehead atoms. The van der Waals surface area contributed by atoms with Crippen LogP contribution in [0.25, 0.3) is 0 Å². The van der Waals surface area contributed by atoms with Crippen molar-refractivity contribution in [1.82, 2.24) is 0 Å². The molecule has 3 nitrogen and oxygen atoms in total. The van der Waals surface area contributed by atoms with Crippen molar-refractivity contribution < 1.29 is 18.3 Å². The number of benzene rings is 1. The van der Waals surface area contributed by atoms with Gasteiger partial charge < -0.3 is 4.74 Å². The van der Waals surface area contributed by atoms with Crippen LogP contribution in [0.4, 0.5) is 8.78 Å². The van der Waals surface area contributed by atoms with E-state index in [1.807, 2.05) is 0 Å². The maximum atomic E-state index is 12.1. The maximum absolute atomic E-state index is 12.1. The molecule has 0 aliphatic rings. The number of nitriles is 1. The third kappa shape index (κ3) is 2.76. The van der Waals surface area contributed by atoms with Crippen molar-refractivity contribution in [2.45, 2.75) is 13.5 Å². The number of carbonyl (C=O) groups is 1. The van der Waals surface area contributed by atoms with Crippen molar-refractivity contribution in [3.8, 4) is 11.8 Å². The molecule has 0 aliphatic heterocycles. The molecule has 84 valence electrons. The van der Waals surface area contributed by atoms with Gasteiger partial charge in [0.2, 0.25) is 0 Å². The van der Waals surface area contributed by atoms with Crippen LogP contribution < -0.4 is 4.74 Å². The second-order valence-electron chi connectivity index (χ2n) is 2.87. The van der Waals surface area contributed by atoms with Crippen LogP contribution in [-0.4, -0.2) is 12.4 Å². The number of halogens is 3. The molecule has 16 heavy (non-hydrogen) atoms. The van der Waals surface area contributed by atoms with E-state index in [4.69, 9.17) is 5.26 Å². The fourth-order valence-corrected chi connectivity index (χ4v) is 1.66. The minimum Gasteiger partial charge on any atom is -0.434 e. The highest BCUT2D eigenvalue weighted by molar-refractivity contribution is 9.10. The minimum atomic E-state index is -3.04. The van der Waals surface area contributed by atoms with Crippen molar-refractivity contribution in [1.29, 1.82) is 5.26 Å². The van der Waals surface area contributed by atoms with Crippen LogP contribution in [0.2, 0.25) is 0 Å². The highest BCUT2D eigenvalue weighted by atomic mass is 79.9. The number of Topliss-reactive ketones (excluding diaryl/α,β-unsaturated/α-hetero) is 1. The SMILES string of the molecule is CC(=O)c1c(C#N)cc(Br)cc1OC(F)F. The normalized spacial score (nSPS) is 10.0. The molecule has 0 amide bonds. The number of nitrogens with zero attached hydrogens (tertiary/aromatic N) is 1. The van der Waals surface area contributed by atoms with Gasteiger partial charge in [-0.15, -0.1) is 0 Å². The molecular formula is C10H6BrF2NO2. The van der Waals surface area contributed by atoms with E-state index in [2.05, 4.69) is 20.7 Å². The fourth-order valence-electron chi connectivity index (χ4n) is 1.22. The Morgan fingerprint density at radius 3 is 2.62 bits per heavy atom. The molecule has 0 N–H and O–H groups in total. The third-order valence-corrected chi connectivity index (χ3v) is 2.21. The van der Waals surface area contributed by atoms with Crippen LogP contribution in [0.5, 0.6) is 5.75 Å². The highest BCUT2D eigenvalue weighted by Gasteiger charge is 2.18. The summed E-state index contributed by atoms with van der Waals surface area (Å²) in [6, 6.07) is 4.35. The van der Waals surface area contributed by atoms with Crippen molar-refractivity contribution in [3.63, 3.8) is 0 Å². The van der Waals surface area contributed by atoms with Crippen LogP contribution in [0.1, 0.15) is 22.8 Å². The summed E-state index contributed by atoms with van der Waals surface area (Å²) in [5.74, 6) is -0.798. The predicted molar refractivity (Wildman–Crippen MR) is 55.5 cm³/mol. The second kappa shape index (κ2) is 5.03. The van der Waals surface area contributed by atoms with E-state index in [0.717, 1.165) is 0 Å². The zero-order chi connectivity index (χ0) is 12.3. The number of hydrogen-bond acceptors (Lipinski definition) is 3. The zero-order valence-corrected chi connectivity index (χ0v) is 9.72. The monoisotopic (exact) mass is 289 g/mol. The molecule has 0 atom stereocenters. The lowest BCUT2D eigenvalue weighted by Gasteiger charge is -2.10. The molecule has 6 heteroatoms. The first kappa shape index (κ1) is 12.6. The lowest BCUT2D eigenvalue weighted by atomic mass is 10.0. The van der Waals surface area contributed by atoms with Gasteiger partial charge in [0, 0.05) is 4.47 Å². The van der Waals surface area contributed by atoms with Crippen molar-refractivity contribution in [2.75, 3.05) is 0 Å². The number of ether oxygens (including phenoxy) is 1. The summed E-state index contributed by atoms with van der Waals surface area (Å²) in [5, 5.41) is 8.78. The lowest BCUT2D eigenvalue weighted by Crippen LogP contribution is -2.08. The summed E-state index contributed by atoms with van der Waals surface area (Å²) in [6.07, 6.45) is 0. The summed E-state index contributed by atoms with van der Waals surface area (Å²) in [7, 11) is 0. The molecule has 0 saturated carbocycles. The second-order valence-corrected chi connectivity index (χ2v) is 3.79. The van der Waals surface area contributed by atoms with Crippen molar-refractivity contribution in [2.24, 2.45) is 0 Å². The number of ketones is 1. The Bertz CT molecular complexity index is 469. The number of alkyl halides is 2.